The summed E-state index contributed by atoms with van der Waals surface area (Å²) >= 11 is 5.98. The Kier molecular flexibility index (Phi) is 4.83. The monoisotopic (exact) mass is 364 g/mol. The molecule has 0 fully saturated rings. The van der Waals surface area contributed by atoms with Crippen molar-refractivity contribution in [1.29, 1.82) is 5.26 Å². The maximum absolute atomic E-state index is 13.2. The normalized spacial score (nSPS) is 10.7. The summed E-state index contributed by atoms with van der Waals surface area (Å²) in [4.78, 5) is 13.2. The van der Waals surface area contributed by atoms with E-state index >= 15 is 0 Å². The topological polar surface area (TPSA) is 66.0 Å². The molecule has 3 rings (SSSR count). The zero-order chi connectivity index (χ0) is 18.8. The summed E-state index contributed by atoms with van der Waals surface area (Å²) in [5.41, 5.74) is 1.56. The minimum Gasteiger partial charge on any atom is -0.506 e. The molecule has 0 bridgehead atoms. The second-order valence-corrected chi connectivity index (χ2v) is 6.67. The van der Waals surface area contributed by atoms with E-state index in [0.29, 0.717) is 22.0 Å². The van der Waals surface area contributed by atoms with Crippen molar-refractivity contribution >= 4 is 11.6 Å². The predicted molar refractivity (Wildman–Crippen MR) is 103 cm³/mol. The molecule has 3 aromatic rings. The third kappa shape index (κ3) is 2.98. The van der Waals surface area contributed by atoms with Crippen molar-refractivity contribution in [2.45, 2.75) is 19.8 Å². The fourth-order valence-corrected chi connectivity index (χ4v) is 3.14. The van der Waals surface area contributed by atoms with E-state index in [-0.39, 0.29) is 28.4 Å². The van der Waals surface area contributed by atoms with Crippen LogP contribution in [-0.2, 0) is 0 Å². The number of rotatable bonds is 3. The molecule has 1 aromatic heterocycles. The molecule has 0 saturated heterocycles. The van der Waals surface area contributed by atoms with Crippen LogP contribution in [0.4, 0.5) is 0 Å². The summed E-state index contributed by atoms with van der Waals surface area (Å²) in [6.07, 6.45) is 0. The Morgan fingerprint density at radius 3 is 2.23 bits per heavy atom. The molecular formula is C21H17ClN2O2. The van der Waals surface area contributed by atoms with E-state index in [2.05, 4.69) is 6.07 Å². The maximum atomic E-state index is 13.2. The number of aromatic hydroxyl groups is 1. The standard InChI is InChI=1S/C21H17ClN2O2/c1-13(2)18-20(25)17(12-23)19(14-6-4-3-5-7-14)24(21(18)26)16-10-8-15(22)9-11-16/h3-11,13,25H,1-2H3. The van der Waals surface area contributed by atoms with E-state index in [1.54, 1.807) is 36.4 Å². The lowest BCUT2D eigenvalue weighted by molar-refractivity contribution is 0.459. The van der Waals surface area contributed by atoms with Gasteiger partial charge in [-0.2, -0.15) is 5.26 Å². The van der Waals surface area contributed by atoms with Crippen LogP contribution in [0.1, 0.15) is 30.9 Å². The summed E-state index contributed by atoms with van der Waals surface area (Å²) in [5.74, 6) is -0.491. The van der Waals surface area contributed by atoms with Gasteiger partial charge in [0.1, 0.15) is 17.4 Å². The lowest BCUT2D eigenvalue weighted by atomic mass is 9.96. The van der Waals surface area contributed by atoms with Gasteiger partial charge in [-0.15, -0.1) is 0 Å². The zero-order valence-electron chi connectivity index (χ0n) is 14.4. The van der Waals surface area contributed by atoms with Gasteiger partial charge in [0.15, 0.2) is 0 Å². The average Bonchev–Trinajstić information content (AvgIpc) is 2.63. The number of benzene rings is 2. The highest BCUT2D eigenvalue weighted by molar-refractivity contribution is 6.30. The first-order chi connectivity index (χ1) is 12.5. The smallest absolute Gasteiger partial charge is 0.262 e. The van der Waals surface area contributed by atoms with Gasteiger partial charge in [0.25, 0.3) is 5.56 Å². The Bertz CT molecular complexity index is 1050. The van der Waals surface area contributed by atoms with E-state index in [9.17, 15) is 15.2 Å². The lowest BCUT2D eigenvalue weighted by Gasteiger charge is -2.20. The Hall–Kier alpha value is -3.03. The molecule has 2 aromatic carbocycles. The van der Waals surface area contributed by atoms with Gasteiger partial charge in [0, 0.05) is 16.3 Å². The van der Waals surface area contributed by atoms with Gasteiger partial charge in [-0.1, -0.05) is 55.8 Å². The number of aromatic nitrogens is 1. The van der Waals surface area contributed by atoms with Crippen molar-refractivity contribution in [2.24, 2.45) is 0 Å². The molecule has 0 aliphatic heterocycles. The fraction of sp³-hybridized carbons (Fsp3) is 0.143. The molecule has 1 heterocycles. The molecule has 0 aliphatic carbocycles. The van der Waals surface area contributed by atoms with Crippen LogP contribution in [0, 0.1) is 11.3 Å². The van der Waals surface area contributed by atoms with Crippen LogP contribution in [-0.4, -0.2) is 9.67 Å². The minimum absolute atomic E-state index is 0.0782. The van der Waals surface area contributed by atoms with Crippen molar-refractivity contribution in [3.05, 3.63) is 81.1 Å². The van der Waals surface area contributed by atoms with Crippen LogP contribution in [0.2, 0.25) is 5.02 Å². The molecular weight excluding hydrogens is 348 g/mol. The number of pyridine rings is 1. The van der Waals surface area contributed by atoms with Crippen LogP contribution in [0.15, 0.2) is 59.4 Å². The van der Waals surface area contributed by atoms with Crippen LogP contribution >= 0.6 is 11.6 Å². The van der Waals surface area contributed by atoms with Gasteiger partial charge in [0.2, 0.25) is 0 Å². The van der Waals surface area contributed by atoms with E-state index in [4.69, 9.17) is 11.6 Å². The summed E-state index contributed by atoms with van der Waals surface area (Å²) in [6, 6.07) is 18.0. The number of nitrogens with zero attached hydrogens (tertiary/aromatic N) is 2. The summed E-state index contributed by atoms with van der Waals surface area (Å²) in [7, 11) is 0. The SMILES string of the molecule is CC(C)c1c(O)c(C#N)c(-c2ccccc2)n(-c2ccc(Cl)cc2)c1=O. The molecule has 0 aliphatic rings. The van der Waals surface area contributed by atoms with Gasteiger partial charge in [-0.25, -0.2) is 0 Å². The number of hydrogen-bond donors (Lipinski definition) is 1. The molecule has 5 heteroatoms. The Labute approximate surface area is 156 Å². The van der Waals surface area contributed by atoms with Gasteiger partial charge >= 0.3 is 0 Å². The van der Waals surface area contributed by atoms with Gasteiger partial charge in [-0.3, -0.25) is 9.36 Å². The summed E-state index contributed by atoms with van der Waals surface area (Å²) < 4.78 is 1.47. The number of halogens is 1. The molecule has 26 heavy (non-hydrogen) atoms. The molecule has 4 nitrogen and oxygen atoms in total. The fourth-order valence-electron chi connectivity index (χ4n) is 3.01. The molecule has 0 unspecified atom stereocenters. The summed E-state index contributed by atoms with van der Waals surface area (Å²) in [6.45, 7) is 3.62. The van der Waals surface area contributed by atoms with Crippen LogP contribution < -0.4 is 5.56 Å². The molecule has 0 radical (unpaired) electrons. The zero-order valence-corrected chi connectivity index (χ0v) is 15.2. The van der Waals surface area contributed by atoms with Crippen LogP contribution in [0.25, 0.3) is 16.9 Å². The molecule has 0 saturated carbocycles. The van der Waals surface area contributed by atoms with Crippen molar-refractivity contribution < 1.29 is 5.11 Å². The Morgan fingerprint density at radius 2 is 1.69 bits per heavy atom. The number of nitriles is 1. The first-order valence-corrected chi connectivity index (χ1v) is 8.56. The quantitative estimate of drug-likeness (QED) is 0.721. The first-order valence-electron chi connectivity index (χ1n) is 8.19. The largest absolute Gasteiger partial charge is 0.506 e. The van der Waals surface area contributed by atoms with Gasteiger partial charge < -0.3 is 5.11 Å². The van der Waals surface area contributed by atoms with E-state index in [0.717, 1.165) is 0 Å². The van der Waals surface area contributed by atoms with Crippen molar-refractivity contribution in [1.82, 2.24) is 4.57 Å². The van der Waals surface area contributed by atoms with Crippen molar-refractivity contribution in [3.8, 4) is 28.8 Å². The molecule has 0 spiro atoms. The highest BCUT2D eigenvalue weighted by Crippen LogP contribution is 2.34. The Morgan fingerprint density at radius 1 is 1.08 bits per heavy atom. The lowest BCUT2D eigenvalue weighted by Crippen LogP contribution is -2.26. The van der Waals surface area contributed by atoms with Gasteiger partial charge in [0.05, 0.1) is 11.3 Å². The van der Waals surface area contributed by atoms with Crippen molar-refractivity contribution in [2.75, 3.05) is 0 Å². The second kappa shape index (κ2) is 7.07. The van der Waals surface area contributed by atoms with Crippen molar-refractivity contribution in [3.63, 3.8) is 0 Å². The highest BCUT2D eigenvalue weighted by atomic mass is 35.5. The second-order valence-electron chi connectivity index (χ2n) is 6.24. The third-order valence-electron chi connectivity index (χ3n) is 4.21. The predicted octanol–water partition coefficient (Wildman–Crippen LogP) is 4.86. The number of hydrogen-bond acceptors (Lipinski definition) is 3. The average molecular weight is 365 g/mol. The van der Waals surface area contributed by atoms with E-state index < -0.39 is 0 Å². The molecule has 1 N–H and O–H groups in total. The van der Waals surface area contributed by atoms with Crippen LogP contribution in [0.5, 0.6) is 5.75 Å². The van der Waals surface area contributed by atoms with E-state index in [1.807, 2.05) is 32.0 Å². The van der Waals surface area contributed by atoms with Gasteiger partial charge in [-0.05, 0) is 30.2 Å². The maximum Gasteiger partial charge on any atom is 0.262 e. The molecule has 0 atom stereocenters. The highest BCUT2D eigenvalue weighted by Gasteiger charge is 2.25. The minimum atomic E-state index is -0.349. The Balaban J connectivity index is 2.51. The first kappa shape index (κ1) is 17.8. The molecule has 0 amide bonds. The summed E-state index contributed by atoms with van der Waals surface area (Å²) in [5, 5.41) is 20.9. The third-order valence-corrected chi connectivity index (χ3v) is 4.46. The van der Waals surface area contributed by atoms with E-state index in [1.165, 1.54) is 4.57 Å². The molecule has 130 valence electrons. The van der Waals surface area contributed by atoms with Crippen LogP contribution in [0.3, 0.4) is 0 Å².